The molecule has 196 valence electrons. The molecule has 0 radical (unpaired) electrons. The number of hydrogen-bond donors (Lipinski definition) is 1. The Balaban J connectivity index is 1.62. The first kappa shape index (κ1) is 27.9. The average Bonchev–Trinajstić information content (AvgIpc) is 2.92. The third-order valence-electron chi connectivity index (χ3n) is 7.81. The van der Waals surface area contributed by atoms with Crippen molar-refractivity contribution < 1.29 is 9.53 Å². The van der Waals surface area contributed by atoms with Gasteiger partial charge in [-0.05, 0) is 63.9 Å². The minimum absolute atomic E-state index is 0.0472. The second-order valence-electron chi connectivity index (χ2n) is 11.3. The molecule has 4 heteroatoms. The van der Waals surface area contributed by atoms with Gasteiger partial charge in [-0.2, -0.15) is 0 Å². The topological polar surface area (TPSA) is 29.5 Å². The summed E-state index contributed by atoms with van der Waals surface area (Å²) in [5, 5.41) is 14.7. The maximum atomic E-state index is 11.4. The number of hydrogen-bond acceptors (Lipinski definition) is 2. The van der Waals surface area contributed by atoms with Crippen LogP contribution in [0.3, 0.4) is 0 Å². The molecule has 3 aromatic carbocycles. The first-order valence-corrected chi connectivity index (χ1v) is 16.0. The van der Waals surface area contributed by atoms with E-state index >= 15 is 0 Å². The van der Waals surface area contributed by atoms with E-state index in [9.17, 15) is 5.11 Å². The van der Waals surface area contributed by atoms with Crippen molar-refractivity contribution in [3.63, 3.8) is 0 Å². The lowest BCUT2D eigenvalue weighted by molar-refractivity contribution is 0.190. The molecule has 1 aliphatic carbocycles. The van der Waals surface area contributed by atoms with Crippen LogP contribution >= 0.6 is 11.6 Å². The Kier molecular flexibility index (Phi) is 9.47. The molecule has 0 aromatic heterocycles. The van der Waals surface area contributed by atoms with E-state index in [0.717, 1.165) is 30.4 Å². The van der Waals surface area contributed by atoms with Crippen LogP contribution in [0.4, 0.5) is 0 Å². The SMILES string of the molecule is CC(C)(C)[Si](OCC/C=C(/C1CCCCC1)C(O)c1ccc(Cl)cc1)(c1ccccc1)c1ccccc1. The summed E-state index contributed by atoms with van der Waals surface area (Å²) in [6.07, 6.45) is 8.49. The molecule has 0 heterocycles. The van der Waals surface area contributed by atoms with Crippen molar-refractivity contribution in [2.75, 3.05) is 6.61 Å². The molecule has 1 fully saturated rings. The predicted octanol–water partition coefficient (Wildman–Crippen LogP) is 7.85. The smallest absolute Gasteiger partial charge is 0.261 e. The van der Waals surface area contributed by atoms with Crippen LogP contribution in [0.2, 0.25) is 10.1 Å². The van der Waals surface area contributed by atoms with Gasteiger partial charge in [0.15, 0.2) is 0 Å². The molecule has 0 saturated heterocycles. The van der Waals surface area contributed by atoms with E-state index in [0.29, 0.717) is 17.5 Å². The largest absolute Gasteiger partial charge is 0.407 e. The lowest BCUT2D eigenvalue weighted by Crippen LogP contribution is -2.66. The minimum Gasteiger partial charge on any atom is -0.407 e. The minimum atomic E-state index is -2.56. The zero-order valence-electron chi connectivity index (χ0n) is 22.5. The van der Waals surface area contributed by atoms with E-state index in [1.807, 2.05) is 24.3 Å². The van der Waals surface area contributed by atoms with Gasteiger partial charge >= 0.3 is 0 Å². The molecule has 37 heavy (non-hydrogen) atoms. The van der Waals surface area contributed by atoms with Crippen LogP contribution in [-0.2, 0) is 4.43 Å². The van der Waals surface area contributed by atoms with E-state index in [1.54, 1.807) is 0 Å². The third kappa shape index (κ3) is 6.46. The van der Waals surface area contributed by atoms with Crippen molar-refractivity contribution in [2.45, 2.75) is 70.4 Å². The molecule has 3 aromatic rings. The number of rotatable bonds is 9. The van der Waals surface area contributed by atoms with Crippen LogP contribution in [0.15, 0.2) is 96.6 Å². The van der Waals surface area contributed by atoms with Crippen LogP contribution < -0.4 is 10.4 Å². The Morgan fingerprint density at radius 3 is 1.95 bits per heavy atom. The molecular weight excluding hydrogens is 492 g/mol. The van der Waals surface area contributed by atoms with E-state index in [2.05, 4.69) is 87.5 Å². The number of halogens is 1. The standard InChI is InChI=1S/C33H41ClO2Si/c1-33(2,3)37(29-16-9-5-10-17-29,30-18-11-6-12-19-30)36-25-13-20-31(26-14-7-4-8-15-26)32(35)27-21-23-28(34)24-22-27/h5-6,9-12,16-24,26,32,35H,4,7-8,13-15,25H2,1-3H3/b31-20-. The number of aliphatic hydroxyl groups excluding tert-OH is 1. The summed E-state index contributed by atoms with van der Waals surface area (Å²) >= 11 is 6.12. The lowest BCUT2D eigenvalue weighted by Gasteiger charge is -2.43. The predicted molar refractivity (Wildman–Crippen MR) is 159 cm³/mol. The molecule has 1 saturated carbocycles. The first-order chi connectivity index (χ1) is 17.8. The van der Waals surface area contributed by atoms with Crippen LogP contribution in [0.1, 0.15) is 71.0 Å². The Morgan fingerprint density at radius 1 is 0.892 bits per heavy atom. The fourth-order valence-electron chi connectivity index (χ4n) is 5.97. The van der Waals surface area contributed by atoms with Gasteiger partial charge in [0.2, 0.25) is 0 Å². The van der Waals surface area contributed by atoms with Crippen molar-refractivity contribution in [1.82, 2.24) is 0 Å². The monoisotopic (exact) mass is 532 g/mol. The highest BCUT2D eigenvalue weighted by molar-refractivity contribution is 6.99. The van der Waals surface area contributed by atoms with Crippen molar-refractivity contribution in [2.24, 2.45) is 5.92 Å². The third-order valence-corrected chi connectivity index (χ3v) is 13.1. The van der Waals surface area contributed by atoms with E-state index in [1.165, 1.54) is 29.6 Å². The summed E-state index contributed by atoms with van der Waals surface area (Å²) in [5.41, 5.74) is 2.06. The Morgan fingerprint density at radius 2 is 1.43 bits per heavy atom. The summed E-state index contributed by atoms with van der Waals surface area (Å²) in [5.74, 6) is 0.423. The molecule has 0 spiro atoms. The maximum Gasteiger partial charge on any atom is 0.261 e. The van der Waals surface area contributed by atoms with Crippen LogP contribution in [0.5, 0.6) is 0 Å². The van der Waals surface area contributed by atoms with Gasteiger partial charge in [0.05, 0.1) is 0 Å². The van der Waals surface area contributed by atoms with Gasteiger partial charge in [0, 0.05) is 11.6 Å². The summed E-state index contributed by atoms with van der Waals surface area (Å²) in [6, 6.07) is 29.2. The van der Waals surface area contributed by atoms with Gasteiger partial charge in [0.25, 0.3) is 8.32 Å². The average molecular weight is 533 g/mol. The van der Waals surface area contributed by atoms with Crippen molar-refractivity contribution in [1.29, 1.82) is 0 Å². The normalized spacial score (nSPS) is 16.5. The van der Waals surface area contributed by atoms with Gasteiger partial charge in [-0.25, -0.2) is 0 Å². The highest BCUT2D eigenvalue weighted by atomic mass is 35.5. The van der Waals surface area contributed by atoms with E-state index < -0.39 is 14.4 Å². The van der Waals surface area contributed by atoms with Crippen LogP contribution in [0, 0.1) is 5.92 Å². The Bertz CT molecular complexity index is 1090. The molecule has 1 unspecified atom stereocenters. The highest BCUT2D eigenvalue weighted by Crippen LogP contribution is 2.39. The van der Waals surface area contributed by atoms with Gasteiger partial charge in [-0.3, -0.25) is 0 Å². The quantitative estimate of drug-likeness (QED) is 0.173. The zero-order chi connectivity index (χ0) is 26.3. The molecule has 1 N–H and O–H groups in total. The van der Waals surface area contributed by atoms with Crippen molar-refractivity contribution >= 4 is 30.3 Å². The second-order valence-corrected chi connectivity index (χ2v) is 16.0. The van der Waals surface area contributed by atoms with Crippen LogP contribution in [0.25, 0.3) is 0 Å². The summed E-state index contributed by atoms with van der Waals surface area (Å²) in [6.45, 7) is 7.56. The second kappa shape index (κ2) is 12.6. The van der Waals surface area contributed by atoms with Crippen molar-refractivity contribution in [3.8, 4) is 0 Å². The van der Waals surface area contributed by atoms with E-state index in [4.69, 9.17) is 16.0 Å². The van der Waals surface area contributed by atoms with Gasteiger partial charge in [0.1, 0.15) is 6.10 Å². The highest BCUT2D eigenvalue weighted by Gasteiger charge is 2.49. The molecular formula is C33H41ClO2Si. The molecule has 4 rings (SSSR count). The Hall–Kier alpha value is -2.17. The Labute approximate surface area is 229 Å². The zero-order valence-corrected chi connectivity index (χ0v) is 24.3. The van der Waals surface area contributed by atoms with Crippen molar-refractivity contribution in [3.05, 3.63) is 107 Å². The van der Waals surface area contributed by atoms with E-state index in [-0.39, 0.29) is 5.04 Å². The molecule has 0 bridgehead atoms. The fourth-order valence-corrected chi connectivity index (χ4v) is 10.7. The molecule has 2 nitrogen and oxygen atoms in total. The van der Waals surface area contributed by atoms with Gasteiger partial charge < -0.3 is 9.53 Å². The van der Waals surface area contributed by atoms with Crippen LogP contribution in [-0.4, -0.2) is 20.0 Å². The maximum absolute atomic E-state index is 11.4. The first-order valence-electron chi connectivity index (χ1n) is 13.7. The molecule has 0 aliphatic heterocycles. The lowest BCUT2D eigenvalue weighted by atomic mass is 9.80. The molecule has 1 aliphatic rings. The fraction of sp³-hybridized carbons (Fsp3) is 0.394. The summed E-state index contributed by atoms with van der Waals surface area (Å²) < 4.78 is 7.10. The summed E-state index contributed by atoms with van der Waals surface area (Å²) in [7, 11) is -2.56. The number of benzene rings is 3. The van der Waals surface area contributed by atoms with Gasteiger partial charge in [-0.1, -0.05) is 131 Å². The number of aliphatic hydroxyl groups is 1. The molecule has 1 atom stereocenters. The summed E-state index contributed by atoms with van der Waals surface area (Å²) in [4.78, 5) is 0. The molecule has 0 amide bonds. The van der Waals surface area contributed by atoms with Gasteiger partial charge in [-0.15, -0.1) is 0 Å².